The van der Waals surface area contributed by atoms with E-state index < -0.39 is 0 Å². The van der Waals surface area contributed by atoms with E-state index in [2.05, 4.69) is 31.2 Å². The summed E-state index contributed by atoms with van der Waals surface area (Å²) in [6.07, 6.45) is 17.6. The maximum Gasteiger partial charge on any atom is 0.436 e. The number of piperidine rings is 1. The first-order valence-electron chi connectivity index (χ1n) is 15.8. The zero-order valence-corrected chi connectivity index (χ0v) is 24.0. The molecular weight excluding hydrogens is 474 g/mol. The Kier molecular flexibility index (Phi) is 7.24. The summed E-state index contributed by atoms with van der Waals surface area (Å²) < 4.78 is 0. The van der Waals surface area contributed by atoms with Crippen molar-refractivity contribution in [3.05, 3.63) is 11.6 Å². The Morgan fingerprint density at radius 3 is 2.61 bits per heavy atom. The number of nitrogens with zero attached hydrogens (tertiary/aromatic N) is 2. The van der Waals surface area contributed by atoms with Gasteiger partial charge >= 0.3 is 6.09 Å². The SMILES string of the molecule is C/C(=N\OC(=O)N(CC1CCCCN1)C1CCC1)[C@H]1CC[C@H]2[C@@H]3CCC4=CC(=O)CC[C@]4(C)[C@H]3CC[C@]12C. The van der Waals surface area contributed by atoms with Crippen LogP contribution < -0.4 is 5.32 Å². The Morgan fingerprint density at radius 1 is 1.03 bits per heavy atom. The van der Waals surface area contributed by atoms with Crippen molar-refractivity contribution in [2.45, 2.75) is 123 Å². The van der Waals surface area contributed by atoms with Gasteiger partial charge in [-0.15, -0.1) is 0 Å². The van der Waals surface area contributed by atoms with Crippen LogP contribution in [-0.2, 0) is 9.63 Å². The minimum absolute atomic E-state index is 0.215. The third kappa shape index (κ3) is 4.57. The van der Waals surface area contributed by atoms with E-state index in [9.17, 15) is 9.59 Å². The number of carbonyl (C=O) groups excluding carboxylic acids is 2. The standard InChI is InChI=1S/C32H49N3O3/c1-21(34-38-30(37)35(24-8-6-9-24)20-23-7-4-5-18-33-23)27-12-13-28-26-11-10-22-19-25(36)14-16-31(22,2)29(26)15-17-32(27,28)3/h19,23-24,26-29,33H,4-18,20H2,1-3H3/b34-21+/t23?,26-,27+,28-,29-,31-,32+/m0/s1. The molecule has 38 heavy (non-hydrogen) atoms. The number of amides is 1. The summed E-state index contributed by atoms with van der Waals surface area (Å²) >= 11 is 0. The molecule has 4 saturated carbocycles. The van der Waals surface area contributed by atoms with Gasteiger partial charge in [-0.2, -0.15) is 0 Å². The lowest BCUT2D eigenvalue weighted by Crippen LogP contribution is -2.51. The number of nitrogens with one attached hydrogen (secondary N) is 1. The smallest absolute Gasteiger partial charge is 0.312 e. The Balaban J connectivity index is 1.13. The molecule has 5 fully saturated rings. The third-order valence-electron chi connectivity index (χ3n) is 12.3. The molecule has 0 spiro atoms. The summed E-state index contributed by atoms with van der Waals surface area (Å²) in [6, 6.07) is 0.689. The van der Waals surface area contributed by atoms with Crippen LogP contribution in [0.3, 0.4) is 0 Å². The number of rotatable bonds is 5. The highest BCUT2D eigenvalue weighted by atomic mass is 16.7. The monoisotopic (exact) mass is 523 g/mol. The normalized spacial score (nSPS) is 41.3. The van der Waals surface area contributed by atoms with Crippen molar-refractivity contribution in [3.63, 3.8) is 0 Å². The molecule has 6 rings (SSSR count). The van der Waals surface area contributed by atoms with Gasteiger partial charge in [0.2, 0.25) is 0 Å². The van der Waals surface area contributed by atoms with E-state index in [-0.39, 0.29) is 16.9 Å². The summed E-state index contributed by atoms with van der Waals surface area (Å²) in [5, 5.41) is 8.14. The number of fused-ring (bicyclic) bond motifs is 5. The largest absolute Gasteiger partial charge is 0.436 e. The lowest BCUT2D eigenvalue weighted by Gasteiger charge is -2.58. The molecule has 1 amide bonds. The molecule has 5 aliphatic carbocycles. The average Bonchev–Trinajstić information content (AvgIpc) is 3.24. The second-order valence-electron chi connectivity index (χ2n) is 14.1. The fourth-order valence-electron chi connectivity index (χ4n) is 9.86. The first-order chi connectivity index (χ1) is 18.3. The van der Waals surface area contributed by atoms with Crippen molar-refractivity contribution in [2.24, 2.45) is 39.7 Å². The van der Waals surface area contributed by atoms with Gasteiger partial charge in [-0.1, -0.05) is 31.0 Å². The molecule has 1 saturated heterocycles. The number of ketones is 1. The highest BCUT2D eigenvalue weighted by Gasteiger charge is 2.59. The minimum atomic E-state index is -0.254. The van der Waals surface area contributed by atoms with Crippen molar-refractivity contribution in [3.8, 4) is 0 Å². The van der Waals surface area contributed by atoms with E-state index in [4.69, 9.17) is 4.84 Å². The van der Waals surface area contributed by atoms with Crippen LogP contribution in [0, 0.1) is 34.5 Å². The van der Waals surface area contributed by atoms with Gasteiger partial charge in [0.25, 0.3) is 0 Å². The predicted octanol–water partition coefficient (Wildman–Crippen LogP) is 6.64. The van der Waals surface area contributed by atoms with Crippen LogP contribution in [0.2, 0.25) is 0 Å². The predicted molar refractivity (Wildman–Crippen MR) is 150 cm³/mol. The lowest BCUT2D eigenvalue weighted by atomic mass is 9.46. The quantitative estimate of drug-likeness (QED) is 0.249. The molecule has 1 N–H and O–H groups in total. The summed E-state index contributed by atoms with van der Waals surface area (Å²) in [4.78, 5) is 33.1. The van der Waals surface area contributed by atoms with Crippen molar-refractivity contribution in [2.75, 3.05) is 13.1 Å². The van der Waals surface area contributed by atoms with Crippen LogP contribution in [0.25, 0.3) is 0 Å². The van der Waals surface area contributed by atoms with Crippen molar-refractivity contribution in [1.29, 1.82) is 0 Å². The molecule has 0 aromatic rings. The molecular formula is C32H49N3O3. The Morgan fingerprint density at radius 2 is 1.87 bits per heavy atom. The zero-order valence-electron chi connectivity index (χ0n) is 24.0. The van der Waals surface area contributed by atoms with Crippen molar-refractivity contribution >= 4 is 17.6 Å². The van der Waals surface area contributed by atoms with Crippen molar-refractivity contribution in [1.82, 2.24) is 10.2 Å². The summed E-state index contributed by atoms with van der Waals surface area (Å²) in [5.74, 6) is 2.86. The van der Waals surface area contributed by atoms with Gasteiger partial charge in [0.1, 0.15) is 0 Å². The van der Waals surface area contributed by atoms with E-state index in [0.717, 1.165) is 69.7 Å². The van der Waals surface area contributed by atoms with Gasteiger partial charge in [-0.05, 0) is 125 Å². The molecule has 7 atom stereocenters. The number of carbonyl (C=O) groups is 2. The summed E-state index contributed by atoms with van der Waals surface area (Å²) in [5.41, 5.74) is 2.89. The number of hydrogen-bond acceptors (Lipinski definition) is 5. The zero-order chi connectivity index (χ0) is 26.5. The molecule has 6 aliphatic rings. The average molecular weight is 524 g/mol. The lowest BCUT2D eigenvalue weighted by molar-refractivity contribution is -0.117. The number of hydrogen-bond donors (Lipinski definition) is 1. The molecule has 0 bridgehead atoms. The van der Waals surface area contributed by atoms with E-state index >= 15 is 0 Å². The van der Waals surface area contributed by atoms with Crippen LogP contribution in [0.15, 0.2) is 16.8 Å². The van der Waals surface area contributed by atoms with Crippen LogP contribution in [-0.4, -0.2) is 47.7 Å². The fourth-order valence-corrected chi connectivity index (χ4v) is 9.86. The number of allylic oxidation sites excluding steroid dienone is 1. The van der Waals surface area contributed by atoms with Gasteiger partial charge < -0.3 is 10.2 Å². The molecule has 1 aliphatic heterocycles. The van der Waals surface area contributed by atoms with E-state index in [1.165, 1.54) is 50.5 Å². The molecule has 0 aromatic heterocycles. The Bertz CT molecular complexity index is 996. The molecule has 6 nitrogen and oxygen atoms in total. The van der Waals surface area contributed by atoms with Gasteiger partial charge in [-0.3, -0.25) is 9.63 Å². The molecule has 1 unspecified atom stereocenters. The van der Waals surface area contributed by atoms with Gasteiger partial charge in [-0.25, -0.2) is 4.79 Å². The maximum atomic E-state index is 13.3. The van der Waals surface area contributed by atoms with Crippen LogP contribution in [0.5, 0.6) is 0 Å². The van der Waals surface area contributed by atoms with Gasteiger partial charge in [0.15, 0.2) is 5.78 Å². The third-order valence-corrected chi connectivity index (χ3v) is 12.3. The Labute approximate surface area is 229 Å². The highest BCUT2D eigenvalue weighted by Crippen LogP contribution is 2.66. The maximum absolute atomic E-state index is 13.3. The summed E-state index contributed by atoms with van der Waals surface area (Å²) in [7, 11) is 0. The molecule has 0 radical (unpaired) electrons. The van der Waals surface area contributed by atoms with Crippen LogP contribution in [0.1, 0.15) is 111 Å². The van der Waals surface area contributed by atoms with Gasteiger partial charge in [0, 0.05) is 31.0 Å². The molecule has 1 heterocycles. The first-order valence-corrected chi connectivity index (χ1v) is 15.8. The van der Waals surface area contributed by atoms with E-state index in [1.54, 1.807) is 0 Å². The van der Waals surface area contributed by atoms with E-state index in [0.29, 0.717) is 35.6 Å². The highest BCUT2D eigenvalue weighted by molar-refractivity contribution is 5.91. The van der Waals surface area contributed by atoms with Crippen LogP contribution >= 0.6 is 0 Å². The van der Waals surface area contributed by atoms with Crippen molar-refractivity contribution < 1.29 is 14.4 Å². The molecule has 6 heteroatoms. The van der Waals surface area contributed by atoms with Gasteiger partial charge in [0.05, 0.1) is 5.71 Å². The topological polar surface area (TPSA) is 71.0 Å². The Hall–Kier alpha value is -1.69. The van der Waals surface area contributed by atoms with E-state index in [1.807, 2.05) is 11.0 Å². The molecule has 210 valence electrons. The van der Waals surface area contributed by atoms with Crippen LogP contribution in [0.4, 0.5) is 4.79 Å². The number of oxime groups is 1. The summed E-state index contributed by atoms with van der Waals surface area (Å²) in [6.45, 7) is 8.85. The second kappa shape index (κ2) is 10.4. The molecule has 0 aromatic carbocycles. The fraction of sp³-hybridized carbons (Fsp3) is 0.844. The second-order valence-corrected chi connectivity index (χ2v) is 14.1. The minimum Gasteiger partial charge on any atom is -0.312 e. The first kappa shape index (κ1) is 26.5.